The molecule has 2 heterocycles. The van der Waals surface area contributed by atoms with Gasteiger partial charge in [-0.3, -0.25) is 0 Å². The van der Waals surface area contributed by atoms with Crippen LogP contribution in [0.1, 0.15) is 0 Å². The Morgan fingerprint density at radius 2 is 1.33 bits per heavy atom. The molecule has 0 unspecified atom stereocenters. The van der Waals surface area contributed by atoms with Crippen molar-refractivity contribution in [2.75, 3.05) is 0 Å². The minimum atomic E-state index is 0.709. The highest BCUT2D eigenvalue weighted by molar-refractivity contribution is 6.38. The van der Waals surface area contributed by atoms with E-state index in [0.29, 0.717) is 5.02 Å². The highest BCUT2D eigenvalue weighted by atomic mass is 35.5. The molecule has 0 saturated carbocycles. The topological polar surface area (TPSA) is 18.1 Å². The maximum absolute atomic E-state index is 6.62. The Balaban J connectivity index is 1.55. The normalized spacial score (nSPS) is 11.8. The number of halogens is 1. The van der Waals surface area contributed by atoms with Crippen LogP contribution in [0.5, 0.6) is 0 Å². The summed E-state index contributed by atoms with van der Waals surface area (Å²) in [4.78, 5) is 0. The lowest BCUT2D eigenvalue weighted by Crippen LogP contribution is -1.92. The van der Waals surface area contributed by atoms with Crippen molar-refractivity contribution in [3.05, 3.63) is 114 Å². The van der Waals surface area contributed by atoms with E-state index in [4.69, 9.17) is 16.0 Å². The Hall–Kier alpha value is -4.01. The predicted molar refractivity (Wildman–Crippen MR) is 139 cm³/mol. The third-order valence-corrected chi connectivity index (χ3v) is 6.79. The molecule has 7 rings (SSSR count). The summed E-state index contributed by atoms with van der Waals surface area (Å²) in [5.74, 6) is 0. The largest absolute Gasteiger partial charge is 0.455 e. The molecule has 0 saturated heterocycles. The first kappa shape index (κ1) is 18.6. The zero-order chi connectivity index (χ0) is 21.9. The second kappa shape index (κ2) is 6.99. The molecule has 0 aliphatic heterocycles. The van der Waals surface area contributed by atoms with Gasteiger partial charge < -0.3 is 8.98 Å². The summed E-state index contributed by atoms with van der Waals surface area (Å²) in [5.41, 5.74) is 7.37. The van der Waals surface area contributed by atoms with E-state index in [9.17, 15) is 0 Å². The average Bonchev–Trinajstić information content (AvgIpc) is 3.41. The van der Waals surface area contributed by atoms with E-state index in [1.165, 1.54) is 21.8 Å². The number of furan rings is 1. The lowest BCUT2D eigenvalue weighted by Gasteiger charge is -2.08. The number of aromatic nitrogens is 1. The van der Waals surface area contributed by atoms with Gasteiger partial charge in [0.05, 0.1) is 16.1 Å². The molecule has 0 amide bonds. The van der Waals surface area contributed by atoms with Crippen LogP contribution in [0, 0.1) is 0 Å². The van der Waals surface area contributed by atoms with Crippen molar-refractivity contribution in [2.24, 2.45) is 0 Å². The van der Waals surface area contributed by atoms with Crippen LogP contribution in [0.3, 0.4) is 0 Å². The van der Waals surface area contributed by atoms with Crippen LogP contribution in [0.25, 0.3) is 60.6 Å². The van der Waals surface area contributed by atoms with Crippen molar-refractivity contribution in [1.82, 2.24) is 4.57 Å². The fourth-order valence-electron chi connectivity index (χ4n) is 5.01. The minimum Gasteiger partial charge on any atom is -0.455 e. The van der Waals surface area contributed by atoms with Gasteiger partial charge in [-0.25, -0.2) is 0 Å². The molecule has 2 nitrogen and oxygen atoms in total. The molecular weight excluding hydrogens is 426 g/mol. The fourth-order valence-corrected chi connectivity index (χ4v) is 5.26. The van der Waals surface area contributed by atoms with Crippen LogP contribution in [-0.4, -0.2) is 4.57 Å². The number of para-hydroxylation sites is 3. The molecular formula is C30H18ClNO. The molecule has 0 N–H and O–H groups in total. The van der Waals surface area contributed by atoms with Crippen LogP contribution < -0.4 is 0 Å². The van der Waals surface area contributed by atoms with Crippen LogP contribution in [0.2, 0.25) is 5.02 Å². The molecule has 0 fully saturated rings. The first-order chi connectivity index (χ1) is 16.3. The number of hydrogen-bond donors (Lipinski definition) is 0. The van der Waals surface area contributed by atoms with Crippen molar-refractivity contribution in [3.8, 4) is 16.8 Å². The van der Waals surface area contributed by atoms with E-state index in [0.717, 1.165) is 38.8 Å². The van der Waals surface area contributed by atoms with E-state index in [-0.39, 0.29) is 0 Å². The van der Waals surface area contributed by atoms with Crippen molar-refractivity contribution >= 4 is 55.3 Å². The smallest absolute Gasteiger partial charge is 0.144 e. The molecule has 0 aliphatic carbocycles. The molecule has 3 heteroatoms. The molecule has 156 valence electrons. The van der Waals surface area contributed by atoms with Crippen LogP contribution >= 0.6 is 11.6 Å². The minimum absolute atomic E-state index is 0.709. The Labute approximate surface area is 195 Å². The number of benzene rings is 5. The Morgan fingerprint density at radius 3 is 2.21 bits per heavy atom. The van der Waals surface area contributed by atoms with Crippen molar-refractivity contribution in [1.29, 1.82) is 0 Å². The second-order valence-corrected chi connectivity index (χ2v) is 8.72. The highest BCUT2D eigenvalue weighted by Gasteiger charge is 2.17. The maximum atomic E-state index is 6.62. The summed E-state index contributed by atoms with van der Waals surface area (Å²) in [7, 11) is 0. The monoisotopic (exact) mass is 443 g/mol. The second-order valence-electron chi connectivity index (χ2n) is 8.32. The lowest BCUT2D eigenvalue weighted by molar-refractivity contribution is 0.670. The lowest BCUT2D eigenvalue weighted by atomic mass is 10.00. The van der Waals surface area contributed by atoms with Crippen LogP contribution in [0.4, 0.5) is 0 Å². The van der Waals surface area contributed by atoms with Crippen LogP contribution in [-0.2, 0) is 0 Å². The van der Waals surface area contributed by atoms with Crippen molar-refractivity contribution in [2.45, 2.75) is 0 Å². The van der Waals surface area contributed by atoms with Gasteiger partial charge in [0, 0.05) is 32.8 Å². The average molecular weight is 444 g/mol. The SMILES string of the molecule is Clc1ccc(-c2ccc3c(c2)c2ccccc2n3-c2ccccc2)c2oc3ccccc3c12. The molecule has 7 aromatic rings. The summed E-state index contributed by atoms with van der Waals surface area (Å²) >= 11 is 6.62. The molecule has 0 atom stereocenters. The predicted octanol–water partition coefficient (Wildman–Crippen LogP) is 9.00. The molecule has 0 aliphatic rings. The van der Waals surface area contributed by atoms with Gasteiger partial charge in [-0.2, -0.15) is 0 Å². The van der Waals surface area contributed by atoms with Gasteiger partial charge in [0.1, 0.15) is 11.2 Å². The first-order valence-corrected chi connectivity index (χ1v) is 11.4. The van der Waals surface area contributed by atoms with E-state index >= 15 is 0 Å². The molecule has 2 aromatic heterocycles. The van der Waals surface area contributed by atoms with Gasteiger partial charge in [0.15, 0.2) is 0 Å². The zero-order valence-corrected chi connectivity index (χ0v) is 18.4. The standard InChI is InChI=1S/C30H18ClNO/c31-25-16-15-21(30-29(25)23-11-5-7-13-28(23)33-30)19-14-17-27-24(18-19)22-10-4-6-12-26(22)32(27)20-8-2-1-3-9-20/h1-18H. The first-order valence-electron chi connectivity index (χ1n) is 11.0. The van der Waals surface area contributed by atoms with E-state index in [1.54, 1.807) is 0 Å². The van der Waals surface area contributed by atoms with Crippen molar-refractivity contribution < 1.29 is 4.42 Å². The fraction of sp³-hybridized carbons (Fsp3) is 0. The van der Waals surface area contributed by atoms with Gasteiger partial charge in [-0.1, -0.05) is 72.3 Å². The van der Waals surface area contributed by atoms with E-state index in [1.807, 2.05) is 24.3 Å². The van der Waals surface area contributed by atoms with Crippen LogP contribution in [0.15, 0.2) is 114 Å². The summed E-state index contributed by atoms with van der Waals surface area (Å²) in [6.07, 6.45) is 0. The van der Waals surface area contributed by atoms with Gasteiger partial charge in [0.2, 0.25) is 0 Å². The third-order valence-electron chi connectivity index (χ3n) is 6.47. The van der Waals surface area contributed by atoms with Gasteiger partial charge in [0.25, 0.3) is 0 Å². The van der Waals surface area contributed by atoms with Gasteiger partial charge in [-0.15, -0.1) is 0 Å². The number of fused-ring (bicyclic) bond motifs is 6. The Kier molecular flexibility index (Phi) is 3.93. The molecule has 0 bridgehead atoms. The van der Waals surface area contributed by atoms with E-state index < -0.39 is 0 Å². The number of hydrogen-bond acceptors (Lipinski definition) is 1. The number of nitrogens with zero attached hydrogens (tertiary/aromatic N) is 1. The van der Waals surface area contributed by atoms with Crippen molar-refractivity contribution in [3.63, 3.8) is 0 Å². The Bertz CT molecular complexity index is 1830. The quantitative estimate of drug-likeness (QED) is 0.260. The third kappa shape index (κ3) is 2.68. The highest BCUT2D eigenvalue weighted by Crippen LogP contribution is 2.41. The zero-order valence-electron chi connectivity index (χ0n) is 17.6. The van der Waals surface area contributed by atoms with E-state index in [2.05, 4.69) is 89.5 Å². The molecule has 5 aromatic carbocycles. The summed E-state index contributed by atoms with van der Waals surface area (Å²) < 4.78 is 8.63. The molecule has 0 spiro atoms. The maximum Gasteiger partial charge on any atom is 0.144 e. The summed E-state index contributed by atoms with van der Waals surface area (Å²) in [6.45, 7) is 0. The van der Waals surface area contributed by atoms with Gasteiger partial charge >= 0.3 is 0 Å². The molecule has 0 radical (unpaired) electrons. The Morgan fingerprint density at radius 1 is 0.606 bits per heavy atom. The number of rotatable bonds is 2. The molecule has 33 heavy (non-hydrogen) atoms. The summed E-state index contributed by atoms with van der Waals surface area (Å²) in [6, 6.07) is 37.8. The van der Waals surface area contributed by atoms with Gasteiger partial charge in [-0.05, 0) is 54.1 Å². The summed E-state index contributed by atoms with van der Waals surface area (Å²) in [5, 5.41) is 5.16.